The minimum Gasteiger partial charge on any atom is -0.275 e. The predicted octanol–water partition coefficient (Wildman–Crippen LogP) is 2.24. The Morgan fingerprint density at radius 3 is 2.48 bits per heavy atom. The Balaban J connectivity index is 1.82. The van der Waals surface area contributed by atoms with E-state index >= 15 is 0 Å². The highest BCUT2D eigenvalue weighted by atomic mass is 32.2. The highest BCUT2D eigenvalue weighted by molar-refractivity contribution is 7.89. The van der Waals surface area contributed by atoms with E-state index in [1.54, 1.807) is 36.4 Å². The van der Waals surface area contributed by atoms with Gasteiger partial charge in [-0.2, -0.15) is 5.10 Å². The van der Waals surface area contributed by atoms with Crippen molar-refractivity contribution in [2.24, 2.45) is 7.05 Å². The van der Waals surface area contributed by atoms with Crippen LogP contribution in [0.2, 0.25) is 0 Å². The minimum absolute atomic E-state index is 0.156. The predicted molar refractivity (Wildman–Crippen MR) is 86.8 cm³/mol. The topological polar surface area (TPSA) is 76.9 Å². The van der Waals surface area contributed by atoms with Crippen LogP contribution in [-0.2, 0) is 23.6 Å². The molecule has 0 saturated carbocycles. The third-order valence-corrected chi connectivity index (χ3v) is 4.94. The van der Waals surface area contributed by atoms with E-state index in [4.69, 9.17) is 0 Å². The molecule has 0 saturated heterocycles. The maximum Gasteiger partial charge on any atom is 0.246 e. The van der Waals surface area contributed by atoms with Crippen LogP contribution in [-0.4, -0.2) is 23.2 Å². The summed E-state index contributed by atoms with van der Waals surface area (Å²) in [6.45, 7) is -0.156. The zero-order chi connectivity index (χ0) is 18.0. The van der Waals surface area contributed by atoms with Crippen molar-refractivity contribution in [1.29, 1.82) is 0 Å². The van der Waals surface area contributed by atoms with Crippen LogP contribution in [0, 0.1) is 11.6 Å². The maximum absolute atomic E-state index is 13.7. The molecule has 2 heterocycles. The first-order valence-electron chi connectivity index (χ1n) is 7.23. The number of halogens is 2. The molecule has 0 radical (unpaired) electrons. The van der Waals surface area contributed by atoms with Crippen molar-refractivity contribution in [3.63, 3.8) is 0 Å². The lowest BCUT2D eigenvalue weighted by molar-refractivity contribution is 0.514. The van der Waals surface area contributed by atoms with Crippen LogP contribution in [0.15, 0.2) is 53.9 Å². The van der Waals surface area contributed by atoms with E-state index in [0.717, 1.165) is 29.3 Å². The number of aromatic nitrogens is 3. The summed E-state index contributed by atoms with van der Waals surface area (Å²) in [5.74, 6) is -2.29. The number of hydrogen-bond donors (Lipinski definition) is 1. The first-order valence-corrected chi connectivity index (χ1v) is 8.72. The third kappa shape index (κ3) is 3.72. The fourth-order valence-corrected chi connectivity index (χ4v) is 3.45. The summed E-state index contributed by atoms with van der Waals surface area (Å²) in [4.78, 5) is 3.06. The van der Waals surface area contributed by atoms with Crippen molar-refractivity contribution in [2.75, 3.05) is 0 Å². The molecule has 0 aliphatic rings. The lowest BCUT2D eigenvalue weighted by Gasteiger charge is -2.09. The second-order valence-electron chi connectivity index (χ2n) is 5.36. The number of nitrogens with zero attached hydrogens (tertiary/aromatic N) is 3. The molecule has 9 heteroatoms. The van der Waals surface area contributed by atoms with Gasteiger partial charge in [0.25, 0.3) is 0 Å². The highest BCUT2D eigenvalue weighted by Gasteiger charge is 2.23. The molecule has 6 nitrogen and oxygen atoms in total. The van der Waals surface area contributed by atoms with Crippen molar-refractivity contribution in [3.8, 4) is 11.1 Å². The molecule has 0 atom stereocenters. The Labute approximate surface area is 143 Å². The number of rotatable bonds is 5. The summed E-state index contributed by atoms with van der Waals surface area (Å²) < 4.78 is 55.5. The molecular formula is C16H14F2N4O2S. The summed E-state index contributed by atoms with van der Waals surface area (Å²) in [7, 11) is -2.56. The Kier molecular flexibility index (Phi) is 4.60. The van der Waals surface area contributed by atoms with Gasteiger partial charge in [0.2, 0.25) is 10.0 Å². The maximum atomic E-state index is 13.7. The van der Waals surface area contributed by atoms with Crippen LogP contribution in [0.1, 0.15) is 5.56 Å². The van der Waals surface area contributed by atoms with Gasteiger partial charge in [-0.1, -0.05) is 6.07 Å². The van der Waals surface area contributed by atoms with Gasteiger partial charge < -0.3 is 0 Å². The average molecular weight is 364 g/mol. The molecule has 0 amide bonds. The van der Waals surface area contributed by atoms with E-state index in [-0.39, 0.29) is 6.54 Å². The Morgan fingerprint density at radius 1 is 1.12 bits per heavy atom. The molecule has 130 valence electrons. The standard InChI is InChI=1S/C16H14F2N4O2S/c1-22-10-13(9-20-22)12-5-11(6-19-8-12)7-21-25(23,24)16-14(17)3-2-4-15(16)18/h2-6,8-10,21H,7H2,1H3. The summed E-state index contributed by atoms with van der Waals surface area (Å²) >= 11 is 0. The molecule has 3 rings (SSSR count). The fraction of sp³-hybridized carbons (Fsp3) is 0.125. The number of pyridine rings is 1. The molecule has 0 unspecified atom stereocenters. The van der Waals surface area contributed by atoms with Gasteiger partial charge in [-0.05, 0) is 23.8 Å². The zero-order valence-electron chi connectivity index (χ0n) is 13.1. The second kappa shape index (κ2) is 6.69. The van der Waals surface area contributed by atoms with Crippen molar-refractivity contribution in [1.82, 2.24) is 19.5 Å². The fourth-order valence-electron chi connectivity index (χ4n) is 2.30. The molecule has 3 aromatic rings. The van der Waals surface area contributed by atoms with Crippen molar-refractivity contribution >= 4 is 10.0 Å². The van der Waals surface area contributed by atoms with Crippen LogP contribution >= 0.6 is 0 Å². The molecular weight excluding hydrogens is 350 g/mol. The number of sulfonamides is 1. The van der Waals surface area contributed by atoms with E-state index in [1.807, 2.05) is 0 Å². The summed E-state index contributed by atoms with van der Waals surface area (Å²) in [6, 6.07) is 4.61. The number of nitrogens with one attached hydrogen (secondary N) is 1. The lowest BCUT2D eigenvalue weighted by atomic mass is 10.1. The summed E-state index contributed by atoms with van der Waals surface area (Å²) in [5, 5.41) is 4.06. The first-order chi connectivity index (χ1) is 11.9. The number of hydrogen-bond acceptors (Lipinski definition) is 4. The van der Waals surface area contributed by atoms with Crippen molar-refractivity contribution in [3.05, 3.63) is 66.3 Å². The van der Waals surface area contributed by atoms with Gasteiger partial charge in [0.1, 0.15) is 11.6 Å². The second-order valence-corrected chi connectivity index (χ2v) is 7.06. The smallest absolute Gasteiger partial charge is 0.246 e. The van der Waals surface area contributed by atoms with Gasteiger partial charge >= 0.3 is 0 Å². The van der Waals surface area contributed by atoms with Gasteiger partial charge in [0, 0.05) is 43.3 Å². The molecule has 0 aliphatic heterocycles. The van der Waals surface area contributed by atoms with Crippen molar-refractivity contribution in [2.45, 2.75) is 11.4 Å². The molecule has 1 N–H and O–H groups in total. The van der Waals surface area contributed by atoms with Gasteiger partial charge in [-0.3, -0.25) is 9.67 Å². The quantitative estimate of drug-likeness (QED) is 0.753. The molecule has 2 aromatic heterocycles. The lowest BCUT2D eigenvalue weighted by Crippen LogP contribution is -2.25. The Hall–Kier alpha value is -2.65. The molecule has 25 heavy (non-hydrogen) atoms. The number of benzene rings is 1. The third-order valence-electron chi connectivity index (χ3n) is 3.49. The van der Waals surface area contributed by atoms with Crippen LogP contribution in [0.3, 0.4) is 0 Å². The summed E-state index contributed by atoms with van der Waals surface area (Å²) in [6.07, 6.45) is 6.53. The van der Waals surface area contributed by atoms with E-state index in [2.05, 4.69) is 14.8 Å². The monoisotopic (exact) mass is 364 g/mol. The largest absolute Gasteiger partial charge is 0.275 e. The molecule has 1 aromatic carbocycles. The molecule has 0 aliphatic carbocycles. The van der Waals surface area contributed by atoms with Crippen LogP contribution in [0.5, 0.6) is 0 Å². The Morgan fingerprint density at radius 2 is 1.84 bits per heavy atom. The summed E-state index contributed by atoms with van der Waals surface area (Å²) in [5.41, 5.74) is 2.11. The van der Waals surface area contributed by atoms with Crippen LogP contribution in [0.25, 0.3) is 11.1 Å². The molecule has 0 bridgehead atoms. The molecule has 0 fully saturated rings. The van der Waals surface area contributed by atoms with Gasteiger partial charge in [-0.15, -0.1) is 0 Å². The first kappa shape index (κ1) is 17.2. The van der Waals surface area contributed by atoms with Gasteiger partial charge in [-0.25, -0.2) is 21.9 Å². The van der Waals surface area contributed by atoms with E-state index in [1.165, 1.54) is 6.20 Å². The Bertz CT molecular complexity index is 998. The minimum atomic E-state index is -4.34. The zero-order valence-corrected chi connectivity index (χ0v) is 14.0. The van der Waals surface area contributed by atoms with Gasteiger partial charge in [0.15, 0.2) is 4.90 Å². The van der Waals surface area contributed by atoms with E-state index in [0.29, 0.717) is 5.56 Å². The SMILES string of the molecule is Cn1cc(-c2cncc(CNS(=O)(=O)c3c(F)cccc3F)c2)cn1. The van der Waals surface area contributed by atoms with Gasteiger partial charge in [0.05, 0.1) is 6.20 Å². The van der Waals surface area contributed by atoms with Crippen LogP contribution in [0.4, 0.5) is 8.78 Å². The molecule has 0 spiro atoms. The average Bonchev–Trinajstić information content (AvgIpc) is 3.00. The van der Waals surface area contributed by atoms with Crippen molar-refractivity contribution < 1.29 is 17.2 Å². The van der Waals surface area contributed by atoms with E-state index < -0.39 is 26.6 Å². The highest BCUT2D eigenvalue weighted by Crippen LogP contribution is 2.20. The normalized spacial score (nSPS) is 11.6. The number of aryl methyl sites for hydroxylation is 1. The van der Waals surface area contributed by atoms with E-state index in [9.17, 15) is 17.2 Å². The van der Waals surface area contributed by atoms with Crippen LogP contribution < -0.4 is 4.72 Å².